The van der Waals surface area contributed by atoms with E-state index in [1.54, 1.807) is 31.4 Å². The van der Waals surface area contributed by atoms with Gasteiger partial charge in [0.05, 0.1) is 49.4 Å². The Kier molecular flexibility index (Phi) is 9.66. The summed E-state index contributed by atoms with van der Waals surface area (Å²) < 4.78 is 14.8. The average Bonchev–Trinajstić information content (AvgIpc) is 3.32. The average molecular weight is 581 g/mol. The van der Waals surface area contributed by atoms with Gasteiger partial charge in [0.2, 0.25) is 5.91 Å². The lowest BCUT2D eigenvalue weighted by molar-refractivity contribution is -0.117. The number of amides is 2. The number of anilines is 1. The van der Waals surface area contributed by atoms with Crippen molar-refractivity contribution in [1.29, 1.82) is 0 Å². The molecule has 1 saturated carbocycles. The van der Waals surface area contributed by atoms with Crippen LogP contribution >= 0.6 is 11.8 Å². The van der Waals surface area contributed by atoms with E-state index in [2.05, 4.69) is 15.6 Å². The Bertz CT molecular complexity index is 1400. The monoisotopic (exact) mass is 580 g/mol. The molecule has 1 aliphatic heterocycles. The van der Waals surface area contributed by atoms with Crippen LogP contribution in [0, 0.1) is 0 Å². The number of methoxy groups -OCH3 is 3. The van der Waals surface area contributed by atoms with E-state index in [-0.39, 0.29) is 39.2 Å². The van der Waals surface area contributed by atoms with Gasteiger partial charge in [0.25, 0.3) is 5.91 Å². The van der Waals surface area contributed by atoms with Crippen molar-refractivity contribution in [1.82, 2.24) is 5.32 Å². The minimum atomic E-state index is -1.04. The number of esters is 2. The standard InChI is InChI=1S/C29H32N4O7S/c1-38-19-12-10-18(11-13-19)32-27-22(25(34)31-17-7-5-4-6-8-17)23(30)24(41-27)26(35)33-21-15-16(28(36)39-2)9-14-20(21)29(37)40-3/h9-15,17,24H,4-8,30H2,1-3H3,(H,31,34)(H,33,35)/t24-/m1/s1. The van der Waals surface area contributed by atoms with Crippen molar-refractivity contribution in [3.8, 4) is 5.75 Å². The van der Waals surface area contributed by atoms with Crippen molar-refractivity contribution in [3.05, 3.63) is 64.9 Å². The molecule has 1 atom stereocenters. The fourth-order valence-electron chi connectivity index (χ4n) is 4.65. The highest BCUT2D eigenvalue weighted by Gasteiger charge is 2.39. The van der Waals surface area contributed by atoms with Crippen LogP contribution in [0.5, 0.6) is 5.75 Å². The summed E-state index contributed by atoms with van der Waals surface area (Å²) in [6.45, 7) is 0. The van der Waals surface area contributed by atoms with Crippen molar-refractivity contribution in [3.63, 3.8) is 0 Å². The van der Waals surface area contributed by atoms with Gasteiger partial charge in [-0.25, -0.2) is 14.6 Å². The summed E-state index contributed by atoms with van der Waals surface area (Å²) >= 11 is 1.02. The third-order valence-corrected chi connectivity index (χ3v) is 8.05. The van der Waals surface area contributed by atoms with Crippen molar-refractivity contribution in [2.45, 2.75) is 43.4 Å². The van der Waals surface area contributed by atoms with Crippen LogP contribution in [0.2, 0.25) is 0 Å². The first-order valence-electron chi connectivity index (χ1n) is 13.1. The molecule has 11 nitrogen and oxygen atoms in total. The highest BCUT2D eigenvalue weighted by atomic mass is 32.2. The molecule has 1 fully saturated rings. The van der Waals surface area contributed by atoms with Gasteiger partial charge in [-0.3, -0.25) is 9.59 Å². The zero-order valence-corrected chi connectivity index (χ0v) is 23.8. The molecule has 0 spiro atoms. The molecule has 0 saturated heterocycles. The third kappa shape index (κ3) is 6.88. The second kappa shape index (κ2) is 13.4. The Morgan fingerprint density at radius 1 is 0.927 bits per heavy atom. The van der Waals surface area contributed by atoms with E-state index in [9.17, 15) is 19.2 Å². The first-order valence-corrected chi connectivity index (χ1v) is 14.0. The lowest BCUT2D eigenvalue weighted by atomic mass is 9.95. The van der Waals surface area contributed by atoms with E-state index < -0.39 is 29.0 Å². The minimum Gasteiger partial charge on any atom is -0.497 e. The van der Waals surface area contributed by atoms with Crippen molar-refractivity contribution >= 4 is 51.9 Å². The predicted molar refractivity (Wildman–Crippen MR) is 155 cm³/mol. The largest absolute Gasteiger partial charge is 0.497 e. The number of carbonyl (C=O) groups is 4. The molecule has 4 rings (SSSR count). The van der Waals surface area contributed by atoms with Gasteiger partial charge in [0.15, 0.2) is 0 Å². The number of ether oxygens (including phenoxy) is 3. The van der Waals surface area contributed by atoms with Crippen LogP contribution < -0.4 is 21.1 Å². The fourth-order valence-corrected chi connectivity index (χ4v) is 5.77. The SMILES string of the molecule is COC(=O)c1ccc(C(=O)OC)c(NC(=O)[C@@H]2SC(=Nc3ccc(OC)cc3)C(C(=O)NC3CCCCC3)=C2N)c1. The summed E-state index contributed by atoms with van der Waals surface area (Å²) in [6, 6.07) is 11.0. The number of aliphatic imine (C=N–C) groups is 1. The molecule has 1 aliphatic carbocycles. The maximum absolute atomic E-state index is 13.6. The van der Waals surface area contributed by atoms with Gasteiger partial charge in [-0.05, 0) is 55.3 Å². The van der Waals surface area contributed by atoms with Gasteiger partial charge < -0.3 is 30.6 Å². The van der Waals surface area contributed by atoms with E-state index in [1.165, 1.54) is 32.4 Å². The van der Waals surface area contributed by atoms with Gasteiger partial charge in [0, 0.05) is 11.7 Å². The number of hydrogen-bond donors (Lipinski definition) is 3. The number of rotatable bonds is 8. The molecule has 2 aromatic carbocycles. The van der Waals surface area contributed by atoms with E-state index in [0.717, 1.165) is 43.9 Å². The Morgan fingerprint density at radius 3 is 2.24 bits per heavy atom. The fraction of sp³-hybridized carbons (Fsp3) is 0.345. The van der Waals surface area contributed by atoms with E-state index in [4.69, 9.17) is 19.9 Å². The number of nitrogens with two attached hydrogens (primary N) is 1. The summed E-state index contributed by atoms with van der Waals surface area (Å²) in [4.78, 5) is 56.1. The molecule has 41 heavy (non-hydrogen) atoms. The Morgan fingerprint density at radius 2 is 1.61 bits per heavy atom. The van der Waals surface area contributed by atoms with Crippen molar-refractivity contribution in [2.24, 2.45) is 10.7 Å². The molecule has 1 heterocycles. The van der Waals surface area contributed by atoms with Crippen LogP contribution in [0.3, 0.4) is 0 Å². The minimum absolute atomic E-state index is 0.0142. The lowest BCUT2D eigenvalue weighted by Gasteiger charge is -2.23. The molecule has 2 aliphatic rings. The lowest BCUT2D eigenvalue weighted by Crippen LogP contribution is -2.38. The molecule has 2 amide bonds. The Hall–Kier alpha value is -4.32. The van der Waals surface area contributed by atoms with Crippen LogP contribution in [-0.4, -0.2) is 61.4 Å². The van der Waals surface area contributed by atoms with E-state index in [1.807, 2.05) is 0 Å². The first kappa shape index (κ1) is 29.7. The van der Waals surface area contributed by atoms with Crippen molar-refractivity contribution < 1.29 is 33.4 Å². The van der Waals surface area contributed by atoms with Crippen LogP contribution in [0.25, 0.3) is 0 Å². The first-order chi connectivity index (χ1) is 19.7. The quantitative estimate of drug-likeness (QED) is 0.396. The molecule has 0 unspecified atom stereocenters. The number of thioether (sulfide) groups is 1. The van der Waals surface area contributed by atoms with Crippen LogP contribution in [-0.2, 0) is 19.1 Å². The van der Waals surface area contributed by atoms with Gasteiger partial charge >= 0.3 is 11.9 Å². The Balaban J connectivity index is 1.67. The molecular formula is C29H32N4O7S. The third-order valence-electron chi connectivity index (χ3n) is 6.83. The zero-order chi connectivity index (χ0) is 29.5. The maximum Gasteiger partial charge on any atom is 0.339 e. The molecular weight excluding hydrogens is 548 g/mol. The highest BCUT2D eigenvalue weighted by Crippen LogP contribution is 2.36. The number of nitrogens with one attached hydrogen (secondary N) is 2. The van der Waals surface area contributed by atoms with Gasteiger partial charge in [-0.15, -0.1) is 0 Å². The topological polar surface area (TPSA) is 158 Å². The van der Waals surface area contributed by atoms with Gasteiger partial charge in [-0.2, -0.15) is 0 Å². The zero-order valence-electron chi connectivity index (χ0n) is 23.0. The van der Waals surface area contributed by atoms with Gasteiger partial charge in [-0.1, -0.05) is 31.0 Å². The number of carbonyl (C=O) groups excluding carboxylic acids is 4. The molecule has 0 aromatic heterocycles. The summed E-state index contributed by atoms with van der Waals surface area (Å²) in [6.07, 6.45) is 4.92. The van der Waals surface area contributed by atoms with Crippen molar-refractivity contribution in [2.75, 3.05) is 26.6 Å². The number of benzene rings is 2. The summed E-state index contributed by atoms with van der Waals surface area (Å²) in [5, 5.41) is 4.98. The summed E-state index contributed by atoms with van der Waals surface area (Å²) in [5.41, 5.74) is 7.37. The molecule has 2 aromatic rings. The number of hydrogen-bond acceptors (Lipinski definition) is 10. The molecule has 0 radical (unpaired) electrons. The predicted octanol–water partition coefficient (Wildman–Crippen LogP) is 3.71. The normalized spacial score (nSPS) is 18.1. The second-order valence-electron chi connectivity index (χ2n) is 9.48. The number of nitrogens with zero attached hydrogens (tertiary/aromatic N) is 1. The van der Waals surface area contributed by atoms with Crippen LogP contribution in [0.15, 0.2) is 58.7 Å². The van der Waals surface area contributed by atoms with E-state index in [0.29, 0.717) is 11.4 Å². The molecule has 216 valence electrons. The summed E-state index contributed by atoms with van der Waals surface area (Å²) in [5.74, 6) is -1.73. The maximum atomic E-state index is 13.6. The van der Waals surface area contributed by atoms with Gasteiger partial charge in [0.1, 0.15) is 16.0 Å². The molecule has 4 N–H and O–H groups in total. The Labute approximate surface area is 241 Å². The van der Waals surface area contributed by atoms with Crippen LogP contribution in [0.4, 0.5) is 11.4 Å². The van der Waals surface area contributed by atoms with Crippen LogP contribution in [0.1, 0.15) is 52.8 Å². The molecule has 12 heteroatoms. The summed E-state index contributed by atoms with van der Waals surface area (Å²) in [7, 11) is 3.98. The smallest absolute Gasteiger partial charge is 0.339 e. The highest BCUT2D eigenvalue weighted by molar-refractivity contribution is 8.16. The second-order valence-corrected chi connectivity index (χ2v) is 10.6. The molecule has 0 bridgehead atoms. The van der Waals surface area contributed by atoms with E-state index >= 15 is 0 Å².